The fourth-order valence-corrected chi connectivity index (χ4v) is 4.89. The Balaban J connectivity index is 1.74. The molecule has 0 aromatic heterocycles. The van der Waals surface area contributed by atoms with E-state index < -0.39 is 5.92 Å². The smallest absolute Gasteiger partial charge is 0.338 e. The summed E-state index contributed by atoms with van der Waals surface area (Å²) in [5.74, 6) is -1.30. The predicted molar refractivity (Wildman–Crippen MR) is 137 cm³/mol. The number of primary amides is 1. The van der Waals surface area contributed by atoms with Crippen molar-refractivity contribution in [3.63, 3.8) is 0 Å². The first kappa shape index (κ1) is 25.8. The zero-order valence-corrected chi connectivity index (χ0v) is 20.8. The van der Waals surface area contributed by atoms with Crippen LogP contribution in [0.3, 0.4) is 0 Å². The third-order valence-corrected chi connectivity index (χ3v) is 6.97. The molecule has 6 nitrogen and oxygen atoms in total. The molecule has 34 heavy (non-hydrogen) atoms. The second-order valence-electron chi connectivity index (χ2n) is 9.06. The van der Waals surface area contributed by atoms with Crippen molar-refractivity contribution in [2.75, 3.05) is 44.2 Å². The van der Waals surface area contributed by atoms with Crippen LogP contribution in [0.1, 0.15) is 73.4 Å². The lowest BCUT2D eigenvalue weighted by Crippen LogP contribution is -2.32. The minimum Gasteiger partial charge on any atom is -0.461 e. The fraction of sp³-hybridized carbons (Fsp3) is 0.500. The molecule has 2 aromatic carbocycles. The molecule has 0 radical (unpaired) electrons. The summed E-state index contributed by atoms with van der Waals surface area (Å²) in [5, 5.41) is 0. The minimum absolute atomic E-state index is 0.0949. The molecule has 1 fully saturated rings. The summed E-state index contributed by atoms with van der Waals surface area (Å²) < 4.78 is 5.43. The van der Waals surface area contributed by atoms with Crippen molar-refractivity contribution in [1.29, 1.82) is 0 Å². The number of likely N-dealkylation sites (N-methyl/N-ethyl adjacent to an activating group) is 1. The number of anilines is 1. The highest BCUT2D eigenvalue weighted by Gasteiger charge is 2.29. The average molecular weight is 466 g/mol. The van der Waals surface area contributed by atoms with Crippen molar-refractivity contribution in [3.8, 4) is 0 Å². The van der Waals surface area contributed by atoms with E-state index in [2.05, 4.69) is 48.8 Å². The van der Waals surface area contributed by atoms with Crippen LogP contribution < -0.4 is 10.6 Å². The Labute approximate surface area is 204 Å². The van der Waals surface area contributed by atoms with E-state index in [9.17, 15) is 9.59 Å². The van der Waals surface area contributed by atoms with Crippen molar-refractivity contribution in [3.05, 3.63) is 65.2 Å². The summed E-state index contributed by atoms with van der Waals surface area (Å²) in [6, 6.07) is 15.4. The molecule has 2 atom stereocenters. The lowest BCUT2D eigenvalue weighted by Gasteiger charge is -2.33. The van der Waals surface area contributed by atoms with Gasteiger partial charge in [-0.25, -0.2) is 4.79 Å². The largest absolute Gasteiger partial charge is 0.461 e. The number of amides is 1. The van der Waals surface area contributed by atoms with Crippen LogP contribution in [0.15, 0.2) is 48.5 Å². The number of esters is 1. The molecule has 2 unspecified atom stereocenters. The first-order valence-corrected chi connectivity index (χ1v) is 12.6. The Morgan fingerprint density at radius 3 is 2.26 bits per heavy atom. The van der Waals surface area contributed by atoms with Crippen LogP contribution in [-0.2, 0) is 9.53 Å². The van der Waals surface area contributed by atoms with Gasteiger partial charge in [0.15, 0.2) is 0 Å². The van der Waals surface area contributed by atoms with E-state index in [1.807, 2.05) is 18.2 Å². The minimum atomic E-state index is -0.487. The van der Waals surface area contributed by atoms with Crippen molar-refractivity contribution in [1.82, 2.24) is 4.90 Å². The van der Waals surface area contributed by atoms with Crippen molar-refractivity contribution >= 4 is 17.6 Å². The Kier molecular flexibility index (Phi) is 9.52. The van der Waals surface area contributed by atoms with E-state index in [1.165, 1.54) is 24.9 Å². The van der Waals surface area contributed by atoms with Crippen molar-refractivity contribution < 1.29 is 14.3 Å². The van der Waals surface area contributed by atoms with Crippen molar-refractivity contribution in [2.24, 2.45) is 5.73 Å². The van der Waals surface area contributed by atoms with Crippen molar-refractivity contribution in [2.45, 2.75) is 51.9 Å². The lowest BCUT2D eigenvalue weighted by atomic mass is 9.81. The molecule has 0 aliphatic carbocycles. The van der Waals surface area contributed by atoms with Gasteiger partial charge in [0, 0.05) is 25.3 Å². The first-order valence-electron chi connectivity index (χ1n) is 12.6. The van der Waals surface area contributed by atoms with Crippen LogP contribution in [0.2, 0.25) is 0 Å². The van der Waals surface area contributed by atoms with Gasteiger partial charge in [-0.3, -0.25) is 4.79 Å². The lowest BCUT2D eigenvalue weighted by molar-refractivity contribution is -0.119. The topological polar surface area (TPSA) is 75.9 Å². The highest BCUT2D eigenvalue weighted by molar-refractivity contribution is 5.90. The van der Waals surface area contributed by atoms with Gasteiger partial charge in [0.25, 0.3) is 0 Å². The van der Waals surface area contributed by atoms with Crippen LogP contribution in [0, 0.1) is 0 Å². The van der Waals surface area contributed by atoms with Gasteiger partial charge in [0.05, 0.1) is 11.5 Å². The molecule has 0 bridgehead atoms. The molecule has 1 aliphatic rings. The molecule has 1 amide bonds. The number of nitrogens with two attached hydrogens (primary N) is 1. The molecule has 0 saturated carbocycles. The van der Waals surface area contributed by atoms with Gasteiger partial charge in [-0.15, -0.1) is 0 Å². The summed E-state index contributed by atoms with van der Waals surface area (Å²) >= 11 is 0. The van der Waals surface area contributed by atoms with Gasteiger partial charge in [-0.1, -0.05) is 51.1 Å². The molecule has 1 heterocycles. The molecule has 2 aromatic rings. The SMILES string of the molecule is CCN(CC)CCOC(=O)c1ccc(C(C(N)=O)C(C)c2ccccc2N2CCCCC2)cc1. The number of piperidine rings is 1. The standard InChI is InChI=1S/C28H39N3O3/c1-4-30(5-2)19-20-34-28(33)23-15-13-22(14-16-23)26(27(29)32)21(3)24-11-7-8-12-25(24)31-17-9-6-10-18-31/h7-8,11-16,21,26H,4-6,9-10,17-20H2,1-3H3,(H2,29,32). The van der Waals surface area contributed by atoms with E-state index in [0.717, 1.165) is 37.3 Å². The third-order valence-electron chi connectivity index (χ3n) is 6.97. The van der Waals surface area contributed by atoms with E-state index in [-0.39, 0.29) is 17.8 Å². The summed E-state index contributed by atoms with van der Waals surface area (Å²) in [6.07, 6.45) is 3.64. The Morgan fingerprint density at radius 1 is 1.00 bits per heavy atom. The molecular formula is C28H39N3O3. The second-order valence-corrected chi connectivity index (χ2v) is 9.06. The van der Waals surface area contributed by atoms with Crippen LogP contribution in [-0.4, -0.2) is 56.1 Å². The van der Waals surface area contributed by atoms with Gasteiger partial charge >= 0.3 is 5.97 Å². The number of hydrogen-bond acceptors (Lipinski definition) is 5. The number of carbonyl (C=O) groups is 2. The van der Waals surface area contributed by atoms with Gasteiger partial charge in [-0.05, 0) is 67.6 Å². The van der Waals surface area contributed by atoms with Crippen LogP contribution in [0.5, 0.6) is 0 Å². The summed E-state index contributed by atoms with van der Waals surface area (Å²) in [5.41, 5.74) is 9.52. The third kappa shape index (κ3) is 6.38. The predicted octanol–water partition coefficient (Wildman–Crippen LogP) is 4.55. The maximum absolute atomic E-state index is 12.6. The number of benzene rings is 2. The monoisotopic (exact) mass is 465 g/mol. The Morgan fingerprint density at radius 2 is 1.65 bits per heavy atom. The molecule has 184 valence electrons. The highest BCUT2D eigenvalue weighted by Crippen LogP contribution is 2.38. The zero-order valence-electron chi connectivity index (χ0n) is 20.8. The van der Waals surface area contributed by atoms with E-state index in [0.29, 0.717) is 18.7 Å². The van der Waals surface area contributed by atoms with E-state index in [4.69, 9.17) is 10.5 Å². The number of nitrogens with zero attached hydrogens (tertiary/aromatic N) is 2. The molecule has 3 rings (SSSR count). The maximum atomic E-state index is 12.6. The van der Waals surface area contributed by atoms with Crippen LogP contribution in [0.4, 0.5) is 5.69 Å². The normalized spacial score (nSPS) is 15.7. The van der Waals surface area contributed by atoms with Gasteiger partial charge < -0.3 is 20.3 Å². The summed E-state index contributed by atoms with van der Waals surface area (Å²) in [7, 11) is 0. The molecular weight excluding hydrogens is 426 g/mol. The van der Waals surface area contributed by atoms with Gasteiger partial charge in [-0.2, -0.15) is 0 Å². The van der Waals surface area contributed by atoms with Gasteiger partial charge in [0.2, 0.25) is 5.91 Å². The number of ether oxygens (including phenoxy) is 1. The quantitative estimate of drug-likeness (QED) is 0.493. The molecule has 6 heteroatoms. The molecule has 0 spiro atoms. The summed E-state index contributed by atoms with van der Waals surface area (Å²) in [6.45, 7) is 11.2. The second kappa shape index (κ2) is 12.6. The average Bonchev–Trinajstić information content (AvgIpc) is 2.87. The molecule has 2 N–H and O–H groups in total. The maximum Gasteiger partial charge on any atom is 0.338 e. The van der Waals surface area contributed by atoms with Crippen LogP contribution in [0.25, 0.3) is 0 Å². The van der Waals surface area contributed by atoms with E-state index >= 15 is 0 Å². The van der Waals surface area contributed by atoms with Gasteiger partial charge in [0.1, 0.15) is 6.61 Å². The molecule has 1 aliphatic heterocycles. The number of para-hydroxylation sites is 1. The first-order chi connectivity index (χ1) is 16.5. The number of carbonyl (C=O) groups excluding carboxylic acids is 2. The Bertz CT molecular complexity index is 934. The van der Waals surface area contributed by atoms with E-state index in [1.54, 1.807) is 12.1 Å². The Hall–Kier alpha value is -2.86. The number of rotatable bonds is 11. The highest BCUT2D eigenvalue weighted by atomic mass is 16.5. The summed E-state index contributed by atoms with van der Waals surface area (Å²) in [4.78, 5) is 29.7. The zero-order chi connectivity index (χ0) is 24.5. The number of hydrogen-bond donors (Lipinski definition) is 1. The fourth-order valence-electron chi connectivity index (χ4n) is 4.89. The van der Waals surface area contributed by atoms with Crippen LogP contribution >= 0.6 is 0 Å². The molecule has 1 saturated heterocycles.